The van der Waals surface area contributed by atoms with Crippen LogP contribution in [0.2, 0.25) is 0 Å². The van der Waals surface area contributed by atoms with Crippen molar-refractivity contribution in [3.8, 4) is 0 Å². The molecule has 1 saturated carbocycles. The van der Waals surface area contributed by atoms with Crippen LogP contribution in [0, 0.1) is 28.6 Å². The highest BCUT2D eigenvalue weighted by Gasteiger charge is 2.71. The van der Waals surface area contributed by atoms with Gasteiger partial charge in [-0.15, -0.1) is 0 Å². The third-order valence-corrected chi connectivity index (χ3v) is 9.00. The predicted molar refractivity (Wildman–Crippen MR) is 138 cm³/mol. The highest BCUT2D eigenvalue weighted by atomic mass is 16.8. The number of aliphatic hydroxyl groups is 2. The molecule has 2 N–H and O–H groups in total. The lowest BCUT2D eigenvalue weighted by molar-refractivity contribution is -0.256. The lowest BCUT2D eigenvalue weighted by Gasteiger charge is -2.60. The van der Waals surface area contributed by atoms with Gasteiger partial charge in [0.25, 0.3) is 0 Å². The predicted octanol–water partition coefficient (Wildman–Crippen LogP) is 3.59. The number of hydrogen-bond donors (Lipinski definition) is 2. The molecular formula is C29H42O9. The van der Waals surface area contributed by atoms with Crippen molar-refractivity contribution in [2.75, 3.05) is 0 Å². The summed E-state index contributed by atoms with van der Waals surface area (Å²) < 4.78 is 23.1. The Morgan fingerprint density at radius 1 is 1.21 bits per heavy atom. The van der Waals surface area contributed by atoms with Gasteiger partial charge in [0.1, 0.15) is 6.10 Å². The van der Waals surface area contributed by atoms with Crippen LogP contribution in [0.25, 0.3) is 0 Å². The number of hydrogen-bond acceptors (Lipinski definition) is 9. The molecule has 0 amide bonds. The number of carbonyl (C=O) groups is 3. The second kappa shape index (κ2) is 11.3. The Balaban J connectivity index is 2.22. The van der Waals surface area contributed by atoms with Gasteiger partial charge in [0.15, 0.2) is 0 Å². The van der Waals surface area contributed by atoms with Crippen molar-refractivity contribution < 1.29 is 43.5 Å². The van der Waals surface area contributed by atoms with Gasteiger partial charge >= 0.3 is 17.9 Å². The smallest absolute Gasteiger partial charge is 0.309 e. The molecule has 3 rings (SSSR count). The lowest BCUT2D eigenvalue weighted by Crippen LogP contribution is -2.63. The molecule has 0 bridgehead atoms. The average Bonchev–Trinajstić information content (AvgIpc) is 3.13. The second-order valence-electron chi connectivity index (χ2n) is 11.3. The molecule has 10 atom stereocenters. The summed E-state index contributed by atoms with van der Waals surface area (Å²) in [5, 5.41) is 22.8. The van der Waals surface area contributed by atoms with E-state index in [0.717, 1.165) is 0 Å². The van der Waals surface area contributed by atoms with E-state index in [0.29, 0.717) is 24.0 Å². The van der Waals surface area contributed by atoms with Crippen LogP contribution in [0.1, 0.15) is 67.2 Å². The highest BCUT2D eigenvalue weighted by Crippen LogP contribution is 2.67. The summed E-state index contributed by atoms with van der Waals surface area (Å²) in [6, 6.07) is 0. The highest BCUT2D eigenvalue weighted by molar-refractivity contribution is 5.72. The first-order valence-electron chi connectivity index (χ1n) is 13.3. The molecule has 0 aromatic heterocycles. The molecule has 0 unspecified atom stereocenters. The molecule has 38 heavy (non-hydrogen) atoms. The summed E-state index contributed by atoms with van der Waals surface area (Å²) in [6.45, 7) is 17.8. The summed E-state index contributed by atoms with van der Waals surface area (Å²) in [4.78, 5) is 37.0. The molecule has 9 heteroatoms. The quantitative estimate of drug-likeness (QED) is 0.197. The molecule has 1 aliphatic heterocycles. The zero-order chi connectivity index (χ0) is 28.6. The monoisotopic (exact) mass is 534 g/mol. The van der Waals surface area contributed by atoms with Crippen LogP contribution in [0.3, 0.4) is 0 Å². The summed E-state index contributed by atoms with van der Waals surface area (Å²) in [6.07, 6.45) is -0.516. The Labute approximate surface area is 224 Å². The van der Waals surface area contributed by atoms with Crippen LogP contribution >= 0.6 is 0 Å². The van der Waals surface area contributed by atoms with Gasteiger partial charge in [0, 0.05) is 19.4 Å². The molecule has 212 valence electrons. The zero-order valence-corrected chi connectivity index (χ0v) is 23.3. The Hall–Kier alpha value is -2.49. The Morgan fingerprint density at radius 3 is 2.39 bits per heavy atom. The van der Waals surface area contributed by atoms with Crippen LogP contribution in [0.4, 0.5) is 0 Å². The second-order valence-corrected chi connectivity index (χ2v) is 11.3. The number of ether oxygens (including phenoxy) is 4. The van der Waals surface area contributed by atoms with Crippen LogP contribution in [0.5, 0.6) is 0 Å². The van der Waals surface area contributed by atoms with Crippen molar-refractivity contribution in [3.63, 3.8) is 0 Å². The maximum Gasteiger partial charge on any atom is 0.309 e. The molecule has 1 saturated heterocycles. The minimum absolute atomic E-state index is 0.101. The topological polar surface area (TPSA) is 129 Å². The molecule has 2 aliphatic carbocycles. The normalized spacial score (nSPS) is 37.5. The molecular weight excluding hydrogens is 492 g/mol. The van der Waals surface area contributed by atoms with E-state index in [1.807, 2.05) is 20.8 Å². The fourth-order valence-corrected chi connectivity index (χ4v) is 6.52. The Morgan fingerprint density at radius 2 is 1.84 bits per heavy atom. The van der Waals surface area contributed by atoms with Gasteiger partial charge in [0.05, 0.1) is 23.5 Å². The van der Waals surface area contributed by atoms with Crippen LogP contribution in [-0.2, 0) is 33.3 Å². The van der Waals surface area contributed by atoms with Crippen molar-refractivity contribution in [1.82, 2.24) is 0 Å². The molecule has 2 fully saturated rings. The molecule has 1 heterocycles. The first-order chi connectivity index (χ1) is 17.7. The fourth-order valence-electron chi connectivity index (χ4n) is 6.52. The van der Waals surface area contributed by atoms with Gasteiger partial charge in [0.2, 0.25) is 12.6 Å². The van der Waals surface area contributed by atoms with Crippen molar-refractivity contribution in [2.45, 2.75) is 98.1 Å². The van der Waals surface area contributed by atoms with E-state index in [2.05, 4.69) is 13.2 Å². The standard InChI is InChI=1S/C29H42O9/c1-9-15(3)22(32)14-28(8)17(5)11-24(33)29-21(26(35-18(6)30)38-27(29)36-19(7)31)12-20(13-23(28)29)37-25(34)16(4)10-2/h9,12,16-17,20,22-24,26-27,32-33H,1,3,10-11,13-14H2,2,4-8H3/t16-,17-,20+,22-,23+,24+,26+,27-,28-,29-/m0/s1. The number of aliphatic hydroxyl groups excluding tert-OH is 2. The van der Waals surface area contributed by atoms with Gasteiger partial charge in [-0.1, -0.05) is 46.9 Å². The number of carbonyl (C=O) groups excluding carboxylic acids is 3. The minimum atomic E-state index is -1.29. The third kappa shape index (κ3) is 5.20. The molecule has 1 spiro atoms. The number of rotatable bonds is 9. The molecule has 0 aromatic rings. The van der Waals surface area contributed by atoms with Gasteiger partial charge in [-0.3, -0.25) is 19.1 Å². The fraction of sp³-hybridized carbons (Fsp3) is 0.690. The van der Waals surface area contributed by atoms with E-state index < -0.39 is 59.6 Å². The Bertz CT molecular complexity index is 1000. The van der Waals surface area contributed by atoms with Gasteiger partial charge < -0.3 is 24.4 Å². The van der Waals surface area contributed by atoms with Crippen molar-refractivity contribution in [2.24, 2.45) is 28.6 Å². The first kappa shape index (κ1) is 30.1. The van der Waals surface area contributed by atoms with E-state index >= 15 is 0 Å². The maximum atomic E-state index is 12.8. The largest absolute Gasteiger partial charge is 0.458 e. The first-order valence-corrected chi connectivity index (χ1v) is 13.3. The third-order valence-electron chi connectivity index (χ3n) is 9.00. The summed E-state index contributed by atoms with van der Waals surface area (Å²) in [5.74, 6) is -2.53. The summed E-state index contributed by atoms with van der Waals surface area (Å²) in [5.41, 5.74) is -1.10. The molecule has 3 aliphatic rings. The van der Waals surface area contributed by atoms with E-state index in [9.17, 15) is 24.6 Å². The Kier molecular flexibility index (Phi) is 8.95. The van der Waals surface area contributed by atoms with Gasteiger partial charge in [-0.25, -0.2) is 0 Å². The maximum absolute atomic E-state index is 12.8. The number of esters is 3. The van der Waals surface area contributed by atoms with Gasteiger partial charge in [-0.05, 0) is 54.6 Å². The van der Waals surface area contributed by atoms with Crippen molar-refractivity contribution in [3.05, 3.63) is 36.5 Å². The minimum Gasteiger partial charge on any atom is -0.458 e. The van der Waals surface area contributed by atoms with E-state index in [4.69, 9.17) is 18.9 Å². The van der Waals surface area contributed by atoms with E-state index in [1.165, 1.54) is 19.9 Å². The van der Waals surface area contributed by atoms with Crippen molar-refractivity contribution >= 4 is 17.9 Å². The van der Waals surface area contributed by atoms with Crippen LogP contribution in [-0.4, -0.2) is 59.0 Å². The molecule has 0 radical (unpaired) electrons. The van der Waals surface area contributed by atoms with Crippen LogP contribution < -0.4 is 0 Å². The average molecular weight is 535 g/mol. The molecule has 0 aromatic carbocycles. The summed E-state index contributed by atoms with van der Waals surface area (Å²) >= 11 is 0. The molecule has 9 nitrogen and oxygen atoms in total. The van der Waals surface area contributed by atoms with E-state index in [1.54, 1.807) is 13.0 Å². The summed E-state index contributed by atoms with van der Waals surface area (Å²) in [7, 11) is 0. The van der Waals surface area contributed by atoms with Crippen LogP contribution in [0.15, 0.2) is 36.5 Å². The lowest BCUT2D eigenvalue weighted by atomic mass is 9.44. The zero-order valence-electron chi connectivity index (χ0n) is 23.3. The van der Waals surface area contributed by atoms with E-state index in [-0.39, 0.29) is 30.6 Å². The van der Waals surface area contributed by atoms with Gasteiger partial charge in [-0.2, -0.15) is 0 Å². The SMILES string of the molecule is C=CC(=C)[C@@H](O)C[C@]1(C)[C@H]2C[C@H](OC(=O)[C@@H](C)CC)C=C3[C@H](OC(C)=O)O[C@H](OC(C)=O)[C@@]32[C@H](O)C[C@@H]1C. The van der Waals surface area contributed by atoms with Crippen molar-refractivity contribution in [1.29, 1.82) is 0 Å².